The number of hydrogen-bond donors (Lipinski definition) is 1. The summed E-state index contributed by atoms with van der Waals surface area (Å²) in [7, 11) is -0.533. The molecule has 1 N–H and O–H groups in total. The summed E-state index contributed by atoms with van der Waals surface area (Å²) in [6, 6.07) is 13.4. The highest BCUT2D eigenvalue weighted by atomic mass is 35.5. The SMILES string of the molecule is CN(C)S(=O)(=O)c1ccc(NC(=O)CSc2ccccc2Cl)cc1. The van der Waals surface area contributed by atoms with E-state index in [0.717, 1.165) is 9.20 Å². The van der Waals surface area contributed by atoms with E-state index in [-0.39, 0.29) is 16.6 Å². The lowest BCUT2D eigenvalue weighted by Crippen LogP contribution is -2.22. The van der Waals surface area contributed by atoms with Crippen molar-refractivity contribution in [3.8, 4) is 0 Å². The molecule has 24 heavy (non-hydrogen) atoms. The van der Waals surface area contributed by atoms with E-state index in [1.807, 2.05) is 18.2 Å². The zero-order valence-electron chi connectivity index (χ0n) is 13.2. The van der Waals surface area contributed by atoms with E-state index < -0.39 is 10.0 Å². The lowest BCUT2D eigenvalue weighted by atomic mass is 10.3. The Labute approximate surface area is 151 Å². The third kappa shape index (κ3) is 4.73. The Bertz CT molecular complexity index is 821. The molecule has 0 saturated carbocycles. The predicted molar refractivity (Wildman–Crippen MR) is 98.1 cm³/mol. The van der Waals surface area contributed by atoms with Crippen LogP contribution in [0.4, 0.5) is 5.69 Å². The lowest BCUT2D eigenvalue weighted by Gasteiger charge is -2.12. The monoisotopic (exact) mass is 384 g/mol. The van der Waals surface area contributed by atoms with Gasteiger partial charge < -0.3 is 5.32 Å². The third-order valence-electron chi connectivity index (χ3n) is 3.11. The number of amides is 1. The lowest BCUT2D eigenvalue weighted by molar-refractivity contribution is -0.113. The van der Waals surface area contributed by atoms with Crippen molar-refractivity contribution in [1.29, 1.82) is 0 Å². The highest BCUT2D eigenvalue weighted by molar-refractivity contribution is 8.00. The third-order valence-corrected chi connectivity index (χ3v) is 6.46. The molecule has 0 heterocycles. The largest absolute Gasteiger partial charge is 0.325 e. The molecule has 0 atom stereocenters. The number of carbonyl (C=O) groups excluding carboxylic acids is 1. The Morgan fingerprint density at radius 1 is 1.12 bits per heavy atom. The van der Waals surface area contributed by atoms with E-state index in [0.29, 0.717) is 10.7 Å². The average molecular weight is 385 g/mol. The second-order valence-corrected chi connectivity index (χ2v) is 8.66. The van der Waals surface area contributed by atoms with Crippen LogP contribution < -0.4 is 5.32 Å². The van der Waals surface area contributed by atoms with Crippen molar-refractivity contribution < 1.29 is 13.2 Å². The highest BCUT2D eigenvalue weighted by Crippen LogP contribution is 2.26. The van der Waals surface area contributed by atoms with Crippen molar-refractivity contribution in [2.75, 3.05) is 25.2 Å². The van der Waals surface area contributed by atoms with Crippen molar-refractivity contribution in [1.82, 2.24) is 4.31 Å². The smallest absolute Gasteiger partial charge is 0.242 e. The van der Waals surface area contributed by atoms with Crippen molar-refractivity contribution >= 4 is 45.0 Å². The molecule has 0 saturated heterocycles. The Morgan fingerprint density at radius 2 is 1.75 bits per heavy atom. The predicted octanol–water partition coefficient (Wildman–Crippen LogP) is 3.32. The molecule has 5 nitrogen and oxygen atoms in total. The first kappa shape index (κ1) is 18.8. The van der Waals surface area contributed by atoms with Gasteiger partial charge >= 0.3 is 0 Å². The van der Waals surface area contributed by atoms with Crippen molar-refractivity contribution in [2.45, 2.75) is 9.79 Å². The molecule has 0 fully saturated rings. The van der Waals surface area contributed by atoms with Crippen LogP contribution in [0.3, 0.4) is 0 Å². The zero-order chi connectivity index (χ0) is 17.7. The van der Waals surface area contributed by atoms with Gasteiger partial charge in [-0.1, -0.05) is 23.7 Å². The number of nitrogens with zero attached hydrogens (tertiary/aromatic N) is 1. The Hall–Kier alpha value is -1.54. The summed E-state index contributed by atoms with van der Waals surface area (Å²) in [5.41, 5.74) is 0.539. The molecule has 2 aromatic carbocycles. The van der Waals surface area contributed by atoms with Crippen molar-refractivity contribution in [3.05, 3.63) is 53.6 Å². The van der Waals surface area contributed by atoms with E-state index in [1.54, 1.807) is 18.2 Å². The molecule has 0 bridgehead atoms. The van der Waals surface area contributed by atoms with Gasteiger partial charge in [-0.2, -0.15) is 0 Å². The minimum atomic E-state index is -3.47. The number of anilines is 1. The van der Waals surface area contributed by atoms with Gasteiger partial charge in [0.1, 0.15) is 0 Å². The van der Waals surface area contributed by atoms with Crippen molar-refractivity contribution in [3.63, 3.8) is 0 Å². The molecule has 0 aromatic heterocycles. The molecule has 128 valence electrons. The molecule has 0 unspecified atom stereocenters. The van der Waals surface area contributed by atoms with Crippen LogP contribution in [0.1, 0.15) is 0 Å². The summed E-state index contributed by atoms with van der Waals surface area (Å²) in [6.45, 7) is 0. The molecule has 0 spiro atoms. The normalized spacial score (nSPS) is 11.5. The van der Waals surface area contributed by atoms with Gasteiger partial charge in [0, 0.05) is 24.7 Å². The molecular formula is C16H17ClN2O3S2. The van der Waals surface area contributed by atoms with Crippen molar-refractivity contribution in [2.24, 2.45) is 0 Å². The second kappa shape index (κ2) is 8.02. The van der Waals surface area contributed by atoms with Crippen LogP contribution in [0.25, 0.3) is 0 Å². The first-order chi connectivity index (χ1) is 11.3. The van der Waals surface area contributed by atoms with E-state index in [9.17, 15) is 13.2 Å². The number of nitrogens with one attached hydrogen (secondary N) is 1. The van der Waals surface area contributed by atoms with Crippen LogP contribution in [0.15, 0.2) is 58.3 Å². The Balaban J connectivity index is 1.96. The standard InChI is InChI=1S/C16H17ClN2O3S2/c1-19(2)24(21,22)13-9-7-12(8-10-13)18-16(20)11-23-15-6-4-3-5-14(15)17/h3-10H,11H2,1-2H3,(H,18,20). The number of sulfonamides is 1. The first-order valence-corrected chi connectivity index (χ1v) is 9.81. The number of rotatable bonds is 6. The molecule has 8 heteroatoms. The molecule has 2 rings (SSSR count). The maximum Gasteiger partial charge on any atom is 0.242 e. The van der Waals surface area contributed by atoms with E-state index in [2.05, 4.69) is 5.32 Å². The molecule has 0 radical (unpaired) electrons. The van der Waals surface area contributed by atoms with Gasteiger partial charge in [0.05, 0.1) is 15.7 Å². The number of carbonyl (C=O) groups is 1. The van der Waals surface area contributed by atoms with Gasteiger partial charge in [0.15, 0.2) is 0 Å². The second-order valence-electron chi connectivity index (χ2n) is 5.08. The number of halogens is 1. The summed E-state index contributed by atoms with van der Waals surface area (Å²) in [4.78, 5) is 13.0. The summed E-state index contributed by atoms with van der Waals surface area (Å²) in [5, 5.41) is 3.33. The molecule has 0 aliphatic heterocycles. The van der Waals surface area contributed by atoms with Gasteiger partial charge in [-0.25, -0.2) is 12.7 Å². The summed E-state index contributed by atoms with van der Waals surface area (Å²) in [6.07, 6.45) is 0. The number of thioether (sulfide) groups is 1. The maximum atomic E-state index is 12.0. The molecule has 2 aromatic rings. The van der Waals surface area contributed by atoms with Gasteiger partial charge in [-0.15, -0.1) is 11.8 Å². The van der Waals surface area contributed by atoms with Gasteiger partial charge in [0.2, 0.25) is 15.9 Å². The zero-order valence-corrected chi connectivity index (χ0v) is 15.6. The molecular weight excluding hydrogens is 368 g/mol. The minimum Gasteiger partial charge on any atom is -0.325 e. The molecule has 0 aliphatic rings. The van der Waals surface area contributed by atoms with Crippen LogP contribution in [0.2, 0.25) is 5.02 Å². The van der Waals surface area contributed by atoms with E-state index >= 15 is 0 Å². The average Bonchev–Trinajstić information content (AvgIpc) is 2.54. The number of benzene rings is 2. The first-order valence-electron chi connectivity index (χ1n) is 7.00. The van der Waals surface area contributed by atoms with Gasteiger partial charge in [0.25, 0.3) is 0 Å². The fourth-order valence-corrected chi connectivity index (χ4v) is 3.76. The molecule has 1 amide bonds. The topological polar surface area (TPSA) is 66.5 Å². The Kier molecular flexibility index (Phi) is 6.28. The van der Waals surface area contributed by atoms with E-state index in [1.165, 1.54) is 38.0 Å². The minimum absolute atomic E-state index is 0.177. The Morgan fingerprint density at radius 3 is 2.33 bits per heavy atom. The number of hydrogen-bond acceptors (Lipinski definition) is 4. The van der Waals surface area contributed by atoms with Crippen LogP contribution in [0.5, 0.6) is 0 Å². The summed E-state index contributed by atoms with van der Waals surface area (Å²) >= 11 is 7.38. The van der Waals surface area contributed by atoms with E-state index in [4.69, 9.17) is 11.6 Å². The van der Waals surface area contributed by atoms with Crippen LogP contribution >= 0.6 is 23.4 Å². The van der Waals surface area contributed by atoms with Crippen LogP contribution in [-0.2, 0) is 14.8 Å². The quantitative estimate of drug-likeness (QED) is 0.776. The summed E-state index contributed by atoms with van der Waals surface area (Å²) in [5.74, 6) is 0.0183. The molecule has 0 aliphatic carbocycles. The van der Waals surface area contributed by atoms with Crippen LogP contribution in [0, 0.1) is 0 Å². The summed E-state index contributed by atoms with van der Waals surface area (Å²) < 4.78 is 25.1. The maximum absolute atomic E-state index is 12.0. The fraction of sp³-hybridized carbons (Fsp3) is 0.188. The fourth-order valence-electron chi connectivity index (χ4n) is 1.82. The van der Waals surface area contributed by atoms with Gasteiger partial charge in [-0.3, -0.25) is 4.79 Å². The van der Waals surface area contributed by atoms with Crippen LogP contribution in [-0.4, -0.2) is 38.5 Å². The highest BCUT2D eigenvalue weighted by Gasteiger charge is 2.16. The van der Waals surface area contributed by atoms with Gasteiger partial charge in [-0.05, 0) is 36.4 Å².